The number of thiophene rings is 1. The van der Waals surface area contributed by atoms with Crippen LogP contribution in [0, 0.1) is 5.92 Å². The van der Waals surface area contributed by atoms with E-state index in [-0.39, 0.29) is 41.5 Å². The van der Waals surface area contributed by atoms with Crippen LogP contribution in [-0.2, 0) is 14.8 Å². The van der Waals surface area contributed by atoms with Gasteiger partial charge in [-0.05, 0) is 87.0 Å². The first kappa shape index (κ1) is 37.1. The molecule has 4 atom stereocenters. The quantitative estimate of drug-likeness (QED) is 0.264. The molecule has 0 spiro atoms. The molecule has 1 aromatic heterocycles. The number of aliphatic hydroxyl groups is 1. The molecule has 48 heavy (non-hydrogen) atoms. The zero-order valence-corrected chi connectivity index (χ0v) is 29.7. The summed E-state index contributed by atoms with van der Waals surface area (Å²) in [6.07, 6.45) is 1.49. The molecule has 0 saturated heterocycles. The van der Waals surface area contributed by atoms with E-state index < -0.39 is 34.1 Å². The van der Waals surface area contributed by atoms with Crippen LogP contribution >= 0.6 is 11.3 Å². The van der Waals surface area contributed by atoms with Crippen LogP contribution < -0.4 is 20.1 Å². The van der Waals surface area contributed by atoms with Gasteiger partial charge in [-0.2, -0.15) is 4.31 Å². The van der Waals surface area contributed by atoms with Gasteiger partial charge in [0.1, 0.15) is 15.7 Å². The van der Waals surface area contributed by atoms with Gasteiger partial charge in [-0.1, -0.05) is 13.0 Å². The SMILES string of the molecule is COc1ccc(NC(=O)Nc2ccc3c(c2)C(=O)N([C@@H](C)CO)C[C@@H](C)[C@@H](CN(C)S(=O)(=O)c2cccs2)OCCCC[C@@H](C)O3)cc1. The number of nitrogens with one attached hydrogen (secondary N) is 2. The van der Waals surface area contributed by atoms with Crippen molar-refractivity contribution in [2.24, 2.45) is 5.92 Å². The van der Waals surface area contributed by atoms with Gasteiger partial charge in [-0.15, -0.1) is 11.3 Å². The fourth-order valence-corrected chi connectivity index (χ4v) is 7.73. The number of urea groups is 1. The van der Waals surface area contributed by atoms with Gasteiger partial charge in [-0.25, -0.2) is 13.2 Å². The smallest absolute Gasteiger partial charge is 0.323 e. The van der Waals surface area contributed by atoms with Crippen molar-refractivity contribution in [2.75, 3.05) is 51.1 Å². The highest BCUT2D eigenvalue weighted by atomic mass is 32.2. The van der Waals surface area contributed by atoms with Gasteiger partial charge < -0.3 is 34.9 Å². The molecule has 0 saturated carbocycles. The predicted molar refractivity (Wildman–Crippen MR) is 187 cm³/mol. The van der Waals surface area contributed by atoms with E-state index in [9.17, 15) is 23.1 Å². The zero-order chi connectivity index (χ0) is 34.8. The van der Waals surface area contributed by atoms with E-state index in [1.165, 1.54) is 11.4 Å². The summed E-state index contributed by atoms with van der Waals surface area (Å²) in [4.78, 5) is 28.8. The number of hydrogen-bond acceptors (Lipinski definition) is 9. The molecule has 0 aliphatic carbocycles. The van der Waals surface area contributed by atoms with Gasteiger partial charge in [0.15, 0.2) is 0 Å². The first-order valence-electron chi connectivity index (χ1n) is 16.0. The number of fused-ring (bicyclic) bond motifs is 1. The third-order valence-corrected chi connectivity index (χ3v) is 11.5. The summed E-state index contributed by atoms with van der Waals surface area (Å²) >= 11 is 1.15. The van der Waals surface area contributed by atoms with Crippen LogP contribution in [0.2, 0.25) is 0 Å². The highest BCUT2D eigenvalue weighted by Crippen LogP contribution is 2.29. The molecule has 3 N–H and O–H groups in total. The molecule has 262 valence electrons. The van der Waals surface area contributed by atoms with Crippen molar-refractivity contribution in [3.63, 3.8) is 0 Å². The van der Waals surface area contributed by atoms with E-state index in [2.05, 4.69) is 10.6 Å². The molecule has 12 nitrogen and oxygen atoms in total. The molecule has 0 unspecified atom stereocenters. The molecule has 3 aromatic rings. The number of aliphatic hydroxyl groups excluding tert-OH is 1. The Kier molecular flexibility index (Phi) is 13.2. The first-order chi connectivity index (χ1) is 22.9. The number of likely N-dealkylation sites (N-methyl/N-ethyl adjacent to an activating group) is 1. The minimum Gasteiger partial charge on any atom is -0.497 e. The van der Waals surface area contributed by atoms with Crippen molar-refractivity contribution in [1.29, 1.82) is 0 Å². The maximum atomic E-state index is 14.3. The van der Waals surface area contributed by atoms with Gasteiger partial charge >= 0.3 is 6.03 Å². The Morgan fingerprint density at radius 3 is 2.50 bits per heavy atom. The molecule has 1 aliphatic heterocycles. The van der Waals surface area contributed by atoms with Gasteiger partial charge in [0.05, 0.1) is 37.5 Å². The minimum atomic E-state index is -3.72. The monoisotopic (exact) mass is 702 g/mol. The summed E-state index contributed by atoms with van der Waals surface area (Å²) in [7, 11) is -0.628. The van der Waals surface area contributed by atoms with E-state index in [1.807, 2.05) is 13.8 Å². The standard InChI is InChI=1S/C34H46N4O8S2/c1-23-20-38(24(2)22-39)33(40)29-19-27(36-34(41)35-26-11-14-28(44-5)15-12-26)13-16-30(29)46-25(3)9-6-7-17-45-31(23)21-37(4)48(42,43)32-10-8-18-47-32/h8,10-16,18-19,23-25,31,39H,6-7,9,17,20-22H2,1-5H3,(H2,35,36,41)/t23-,24+,25-,31-/m1/s1. The number of benzene rings is 2. The number of hydrogen-bond donors (Lipinski definition) is 3. The van der Waals surface area contributed by atoms with Crippen molar-refractivity contribution in [2.45, 2.75) is 62.5 Å². The Morgan fingerprint density at radius 2 is 1.83 bits per heavy atom. The lowest BCUT2D eigenvalue weighted by Crippen LogP contribution is -2.48. The van der Waals surface area contributed by atoms with Crippen LogP contribution in [-0.4, -0.2) is 93.4 Å². The van der Waals surface area contributed by atoms with Crippen molar-refractivity contribution < 1.29 is 37.3 Å². The lowest BCUT2D eigenvalue weighted by Gasteiger charge is -2.35. The maximum Gasteiger partial charge on any atom is 0.323 e. The highest BCUT2D eigenvalue weighted by Gasteiger charge is 2.32. The first-order valence-corrected chi connectivity index (χ1v) is 18.3. The average molecular weight is 703 g/mol. The molecule has 2 aromatic carbocycles. The Morgan fingerprint density at radius 1 is 1.12 bits per heavy atom. The van der Waals surface area contributed by atoms with Crippen LogP contribution in [0.25, 0.3) is 0 Å². The van der Waals surface area contributed by atoms with E-state index in [1.54, 1.807) is 78.9 Å². The average Bonchev–Trinajstić information content (AvgIpc) is 3.62. The second-order valence-corrected chi connectivity index (χ2v) is 15.3. The van der Waals surface area contributed by atoms with E-state index in [0.29, 0.717) is 35.9 Å². The number of ether oxygens (including phenoxy) is 3. The number of amides is 3. The number of sulfonamides is 1. The number of methoxy groups -OCH3 is 1. The van der Waals surface area contributed by atoms with Crippen LogP contribution in [0.3, 0.4) is 0 Å². The number of carbonyl (C=O) groups is 2. The molecule has 1 aliphatic rings. The van der Waals surface area contributed by atoms with Crippen LogP contribution in [0.15, 0.2) is 64.2 Å². The van der Waals surface area contributed by atoms with Gasteiger partial charge in [0.2, 0.25) is 0 Å². The molecule has 14 heteroatoms. The molecular weight excluding hydrogens is 657 g/mol. The topological polar surface area (TPSA) is 147 Å². The van der Waals surface area contributed by atoms with Crippen LogP contribution in [0.4, 0.5) is 16.2 Å². The van der Waals surface area contributed by atoms with Gasteiger partial charge in [-0.3, -0.25) is 4.79 Å². The number of rotatable bonds is 9. The largest absolute Gasteiger partial charge is 0.497 e. The zero-order valence-electron chi connectivity index (χ0n) is 28.0. The van der Waals surface area contributed by atoms with Crippen LogP contribution in [0.5, 0.6) is 11.5 Å². The summed E-state index contributed by atoms with van der Waals surface area (Å²) in [5, 5.41) is 17.5. The summed E-state index contributed by atoms with van der Waals surface area (Å²) in [6, 6.07) is 14.0. The third kappa shape index (κ3) is 9.69. The second-order valence-electron chi connectivity index (χ2n) is 12.0. The highest BCUT2D eigenvalue weighted by molar-refractivity contribution is 7.91. The fraction of sp³-hybridized carbons (Fsp3) is 0.471. The van der Waals surface area contributed by atoms with Crippen molar-refractivity contribution in [3.8, 4) is 11.5 Å². The summed E-state index contributed by atoms with van der Waals surface area (Å²) < 4.78 is 45.8. The summed E-state index contributed by atoms with van der Waals surface area (Å²) in [5.74, 6) is 0.305. The molecule has 3 amide bonds. The Hall–Kier alpha value is -3.69. The third-order valence-electron chi connectivity index (χ3n) is 8.25. The lowest BCUT2D eigenvalue weighted by molar-refractivity contribution is -0.00832. The Labute approximate surface area is 287 Å². The molecular formula is C34H46N4O8S2. The number of anilines is 2. The Balaban J connectivity index is 1.61. The summed E-state index contributed by atoms with van der Waals surface area (Å²) in [5.41, 5.74) is 1.16. The lowest BCUT2D eigenvalue weighted by atomic mass is 10.0. The van der Waals surface area contributed by atoms with E-state index in [0.717, 1.165) is 24.2 Å². The molecule has 0 fully saturated rings. The van der Waals surface area contributed by atoms with Gasteiger partial charge in [0.25, 0.3) is 15.9 Å². The maximum absolute atomic E-state index is 14.3. The minimum absolute atomic E-state index is 0.0877. The molecule has 0 bridgehead atoms. The van der Waals surface area contributed by atoms with Crippen molar-refractivity contribution in [3.05, 3.63) is 65.5 Å². The number of carbonyl (C=O) groups excluding carboxylic acids is 2. The Bertz CT molecular complexity index is 1600. The van der Waals surface area contributed by atoms with E-state index >= 15 is 0 Å². The molecule has 4 rings (SSSR count). The molecule has 0 radical (unpaired) electrons. The predicted octanol–water partition coefficient (Wildman–Crippen LogP) is 5.52. The summed E-state index contributed by atoms with van der Waals surface area (Å²) in [6.45, 7) is 5.96. The van der Waals surface area contributed by atoms with Crippen molar-refractivity contribution >= 4 is 44.7 Å². The number of nitrogens with zero attached hydrogens (tertiary/aromatic N) is 2. The van der Waals surface area contributed by atoms with Gasteiger partial charge in [0, 0.05) is 44.0 Å². The van der Waals surface area contributed by atoms with Crippen molar-refractivity contribution in [1.82, 2.24) is 9.21 Å². The normalized spacial score (nSPS) is 20.3. The fourth-order valence-electron chi connectivity index (χ4n) is 5.35. The molecule has 2 heterocycles. The van der Waals surface area contributed by atoms with E-state index in [4.69, 9.17) is 14.2 Å². The second kappa shape index (κ2) is 17.1. The van der Waals surface area contributed by atoms with Crippen LogP contribution in [0.1, 0.15) is 50.4 Å².